The van der Waals surface area contributed by atoms with E-state index < -0.39 is 0 Å². The predicted molar refractivity (Wildman–Crippen MR) is 119 cm³/mol. The van der Waals surface area contributed by atoms with Crippen molar-refractivity contribution in [3.05, 3.63) is 35.9 Å². The van der Waals surface area contributed by atoms with Gasteiger partial charge < -0.3 is 0 Å². The lowest BCUT2D eigenvalue weighted by atomic mass is 9.80. The second-order valence-electron chi connectivity index (χ2n) is 8.95. The molecular weight excluding hydrogens is 312 g/mol. The molecule has 0 unspecified atom stereocenters. The summed E-state index contributed by atoms with van der Waals surface area (Å²) in [6.07, 6.45) is 23.0. The maximum Gasteiger partial charge on any atom is -0.0104 e. The van der Waals surface area contributed by atoms with Crippen LogP contribution in [0.2, 0.25) is 0 Å². The third-order valence-corrected chi connectivity index (χ3v) is 5.96. The van der Waals surface area contributed by atoms with Crippen molar-refractivity contribution in [3.8, 4) is 0 Å². The number of hydrogen-bond acceptors (Lipinski definition) is 0. The Balaban J connectivity index is 1.85. The molecule has 0 aromatic heterocycles. The summed E-state index contributed by atoms with van der Waals surface area (Å²) >= 11 is 0. The van der Waals surface area contributed by atoms with Gasteiger partial charge in [0.15, 0.2) is 0 Å². The van der Waals surface area contributed by atoms with Gasteiger partial charge in [0.05, 0.1) is 0 Å². The minimum absolute atomic E-state index is 0.331. The van der Waals surface area contributed by atoms with E-state index in [2.05, 4.69) is 51.1 Å². The van der Waals surface area contributed by atoms with E-state index in [1.54, 1.807) is 0 Å². The summed E-state index contributed by atoms with van der Waals surface area (Å²) in [4.78, 5) is 0. The molecule has 0 heteroatoms. The van der Waals surface area contributed by atoms with Crippen LogP contribution < -0.4 is 0 Å². The molecule has 0 atom stereocenters. The maximum absolute atomic E-state index is 2.39. The molecule has 0 bridgehead atoms. The van der Waals surface area contributed by atoms with Crippen molar-refractivity contribution in [2.45, 2.75) is 129 Å². The molecule has 0 saturated carbocycles. The first-order valence-electron chi connectivity index (χ1n) is 11.7. The average Bonchev–Trinajstić information content (AvgIpc) is 2.65. The minimum atomic E-state index is 0.331. The molecule has 0 aliphatic carbocycles. The van der Waals surface area contributed by atoms with Crippen LogP contribution in [0.1, 0.15) is 129 Å². The van der Waals surface area contributed by atoms with E-state index in [9.17, 15) is 0 Å². The lowest BCUT2D eigenvalue weighted by Gasteiger charge is -2.25. The Morgan fingerprint density at radius 3 is 1.35 bits per heavy atom. The molecule has 1 rings (SSSR count). The molecule has 0 radical (unpaired) electrons. The van der Waals surface area contributed by atoms with Gasteiger partial charge in [0.25, 0.3) is 0 Å². The zero-order valence-electron chi connectivity index (χ0n) is 18.2. The molecule has 0 nitrogen and oxygen atoms in total. The van der Waals surface area contributed by atoms with Gasteiger partial charge in [0, 0.05) is 0 Å². The van der Waals surface area contributed by atoms with E-state index in [4.69, 9.17) is 0 Å². The van der Waals surface area contributed by atoms with E-state index in [-0.39, 0.29) is 0 Å². The molecular formula is C26H46. The molecule has 0 aliphatic heterocycles. The second-order valence-corrected chi connectivity index (χ2v) is 8.95. The van der Waals surface area contributed by atoms with Gasteiger partial charge in [-0.3, -0.25) is 0 Å². The Bertz CT molecular complexity index is 403. The highest BCUT2D eigenvalue weighted by Crippen LogP contribution is 2.29. The van der Waals surface area contributed by atoms with Crippen molar-refractivity contribution in [2.75, 3.05) is 0 Å². The fourth-order valence-corrected chi connectivity index (χ4v) is 3.97. The Kier molecular flexibility index (Phi) is 13.7. The van der Waals surface area contributed by atoms with E-state index in [1.165, 1.54) is 108 Å². The van der Waals surface area contributed by atoms with Crippen LogP contribution in [-0.2, 0) is 5.41 Å². The molecule has 0 amide bonds. The first-order chi connectivity index (χ1) is 12.7. The third-order valence-electron chi connectivity index (χ3n) is 5.96. The van der Waals surface area contributed by atoms with E-state index in [0.717, 1.165) is 0 Å². The number of benzene rings is 1. The van der Waals surface area contributed by atoms with Gasteiger partial charge in [-0.1, -0.05) is 147 Å². The largest absolute Gasteiger partial charge is 0.0654 e. The zero-order valence-corrected chi connectivity index (χ0v) is 18.2. The van der Waals surface area contributed by atoms with Crippen molar-refractivity contribution >= 4 is 0 Å². The summed E-state index contributed by atoms with van der Waals surface area (Å²) in [7, 11) is 0. The van der Waals surface area contributed by atoms with Crippen molar-refractivity contribution in [1.29, 1.82) is 0 Å². The topological polar surface area (TPSA) is 0 Å². The fourth-order valence-electron chi connectivity index (χ4n) is 3.97. The Hall–Kier alpha value is -0.780. The van der Waals surface area contributed by atoms with Crippen molar-refractivity contribution in [2.24, 2.45) is 0 Å². The lowest BCUT2D eigenvalue weighted by molar-refractivity contribution is 0.441. The van der Waals surface area contributed by atoms with Gasteiger partial charge in [-0.2, -0.15) is 0 Å². The molecule has 26 heavy (non-hydrogen) atoms. The summed E-state index contributed by atoms with van der Waals surface area (Å²) < 4.78 is 0. The highest BCUT2D eigenvalue weighted by Gasteiger charge is 2.19. The lowest BCUT2D eigenvalue weighted by Crippen LogP contribution is -2.16. The van der Waals surface area contributed by atoms with Crippen LogP contribution in [0.25, 0.3) is 0 Å². The molecule has 0 aliphatic rings. The monoisotopic (exact) mass is 358 g/mol. The Labute approximate surface area is 165 Å². The minimum Gasteiger partial charge on any atom is -0.0654 e. The predicted octanol–water partition coefficient (Wildman–Crippen LogP) is 9.23. The van der Waals surface area contributed by atoms with Gasteiger partial charge >= 0.3 is 0 Å². The maximum atomic E-state index is 2.39. The van der Waals surface area contributed by atoms with Crippen LogP contribution in [0.5, 0.6) is 0 Å². The quantitative estimate of drug-likeness (QED) is 0.243. The van der Waals surface area contributed by atoms with Gasteiger partial charge in [-0.25, -0.2) is 0 Å². The van der Waals surface area contributed by atoms with Crippen LogP contribution >= 0.6 is 0 Å². The fraction of sp³-hybridized carbons (Fsp3) is 0.769. The molecule has 0 heterocycles. The van der Waals surface area contributed by atoms with Gasteiger partial charge in [0.2, 0.25) is 0 Å². The molecule has 0 fully saturated rings. The first-order valence-corrected chi connectivity index (χ1v) is 11.7. The normalized spacial score (nSPS) is 11.8. The molecule has 0 saturated heterocycles. The molecule has 0 spiro atoms. The van der Waals surface area contributed by atoms with Crippen LogP contribution in [0.3, 0.4) is 0 Å². The van der Waals surface area contributed by atoms with Gasteiger partial charge in [-0.15, -0.1) is 0 Å². The Morgan fingerprint density at radius 2 is 0.923 bits per heavy atom. The standard InChI is InChI=1S/C26H46/c1-4-5-6-7-8-9-10-11-12-13-14-15-16-17-21-24-26(2,3)25-22-19-18-20-23-25/h18-20,22-23H,4-17,21,24H2,1-3H3. The molecule has 1 aromatic carbocycles. The number of unbranched alkanes of at least 4 members (excludes halogenated alkanes) is 14. The van der Waals surface area contributed by atoms with Crippen LogP contribution in [-0.4, -0.2) is 0 Å². The van der Waals surface area contributed by atoms with Crippen LogP contribution in [0.15, 0.2) is 30.3 Å². The molecule has 0 N–H and O–H groups in total. The first kappa shape index (κ1) is 23.3. The number of hydrogen-bond donors (Lipinski definition) is 0. The second kappa shape index (κ2) is 15.3. The van der Waals surface area contributed by atoms with Crippen molar-refractivity contribution in [3.63, 3.8) is 0 Å². The summed E-state index contributed by atoms with van der Waals surface area (Å²) in [5, 5.41) is 0. The average molecular weight is 359 g/mol. The smallest absolute Gasteiger partial charge is 0.0104 e. The Morgan fingerprint density at radius 1 is 0.538 bits per heavy atom. The number of rotatable bonds is 17. The summed E-state index contributed by atoms with van der Waals surface area (Å²) in [6.45, 7) is 7.09. The van der Waals surface area contributed by atoms with Crippen molar-refractivity contribution in [1.82, 2.24) is 0 Å². The van der Waals surface area contributed by atoms with Gasteiger partial charge in [0.1, 0.15) is 0 Å². The summed E-state index contributed by atoms with van der Waals surface area (Å²) in [6, 6.07) is 11.0. The summed E-state index contributed by atoms with van der Waals surface area (Å²) in [5.41, 5.74) is 1.82. The highest BCUT2D eigenvalue weighted by atomic mass is 14.2. The van der Waals surface area contributed by atoms with Crippen molar-refractivity contribution < 1.29 is 0 Å². The zero-order chi connectivity index (χ0) is 18.9. The van der Waals surface area contributed by atoms with E-state index in [1.807, 2.05) is 0 Å². The van der Waals surface area contributed by atoms with Crippen LogP contribution in [0.4, 0.5) is 0 Å². The summed E-state index contributed by atoms with van der Waals surface area (Å²) in [5.74, 6) is 0. The molecule has 1 aromatic rings. The molecule has 150 valence electrons. The van der Waals surface area contributed by atoms with Crippen LogP contribution in [0, 0.1) is 0 Å². The van der Waals surface area contributed by atoms with E-state index in [0.29, 0.717) is 5.41 Å². The third kappa shape index (κ3) is 11.8. The van der Waals surface area contributed by atoms with E-state index >= 15 is 0 Å². The highest BCUT2D eigenvalue weighted by molar-refractivity contribution is 5.23. The van der Waals surface area contributed by atoms with Gasteiger partial charge in [-0.05, 0) is 17.4 Å². The SMILES string of the molecule is CCCCCCCCCCCCCCCCCC(C)(C)c1ccccc1.